The van der Waals surface area contributed by atoms with Crippen molar-refractivity contribution in [3.05, 3.63) is 64.1 Å². The first-order valence-electron chi connectivity index (χ1n) is 8.19. The molecule has 0 saturated heterocycles. The predicted octanol–water partition coefficient (Wildman–Crippen LogP) is 5.69. The molecule has 0 aliphatic heterocycles. The van der Waals surface area contributed by atoms with Crippen LogP contribution in [-0.4, -0.2) is 28.9 Å². The van der Waals surface area contributed by atoms with E-state index in [9.17, 15) is 4.79 Å². The molecule has 0 fully saturated rings. The Morgan fingerprint density at radius 3 is 2.40 bits per heavy atom. The van der Waals surface area contributed by atoms with E-state index in [1.54, 1.807) is 17.0 Å². The van der Waals surface area contributed by atoms with E-state index in [0.29, 0.717) is 34.4 Å². The van der Waals surface area contributed by atoms with Crippen molar-refractivity contribution in [3.63, 3.8) is 0 Å². The molecular weight excluding hydrogens is 355 g/mol. The van der Waals surface area contributed by atoms with E-state index < -0.39 is 0 Å². The number of pyridine rings is 1. The van der Waals surface area contributed by atoms with E-state index in [0.717, 1.165) is 16.5 Å². The Morgan fingerprint density at radius 2 is 1.72 bits per heavy atom. The standard InChI is InChI=1S/C20H18Cl2N2O/c1-3-24(4-2)20(25)15-12-19(13-9-10-16(21)17(22)11-13)23-18-8-6-5-7-14(15)18/h5-12H,3-4H2,1-2H3. The number of fused-ring (bicyclic) bond motifs is 1. The van der Waals surface area contributed by atoms with Crippen LogP contribution in [0.15, 0.2) is 48.5 Å². The zero-order valence-corrected chi connectivity index (χ0v) is 15.6. The summed E-state index contributed by atoms with van der Waals surface area (Å²) in [6, 6.07) is 14.9. The molecule has 0 bridgehead atoms. The van der Waals surface area contributed by atoms with Gasteiger partial charge in [-0.1, -0.05) is 47.5 Å². The molecule has 2 aromatic carbocycles. The van der Waals surface area contributed by atoms with Gasteiger partial charge in [0.1, 0.15) is 0 Å². The molecule has 3 rings (SSSR count). The Bertz CT molecular complexity index is 936. The molecule has 1 aromatic heterocycles. The van der Waals surface area contributed by atoms with Crippen LogP contribution in [0, 0.1) is 0 Å². The van der Waals surface area contributed by atoms with Crippen LogP contribution in [0.4, 0.5) is 0 Å². The molecule has 1 heterocycles. The van der Waals surface area contributed by atoms with E-state index in [1.165, 1.54) is 0 Å². The molecule has 128 valence electrons. The molecular formula is C20H18Cl2N2O. The van der Waals surface area contributed by atoms with E-state index in [1.807, 2.05) is 50.2 Å². The fourth-order valence-corrected chi connectivity index (χ4v) is 3.13. The Morgan fingerprint density at radius 1 is 1.00 bits per heavy atom. The van der Waals surface area contributed by atoms with Gasteiger partial charge >= 0.3 is 0 Å². The topological polar surface area (TPSA) is 33.2 Å². The average molecular weight is 373 g/mol. The number of para-hydroxylation sites is 1. The van der Waals surface area contributed by atoms with E-state index in [-0.39, 0.29) is 5.91 Å². The molecule has 3 aromatic rings. The molecule has 0 saturated carbocycles. The molecule has 0 aliphatic carbocycles. The van der Waals surface area contributed by atoms with Crippen molar-refractivity contribution < 1.29 is 4.79 Å². The first kappa shape index (κ1) is 17.7. The molecule has 1 amide bonds. The minimum Gasteiger partial charge on any atom is -0.339 e. The largest absolute Gasteiger partial charge is 0.339 e. The van der Waals surface area contributed by atoms with Crippen LogP contribution in [0.3, 0.4) is 0 Å². The second kappa shape index (κ2) is 7.42. The molecule has 0 spiro atoms. The summed E-state index contributed by atoms with van der Waals surface area (Å²) in [7, 11) is 0. The van der Waals surface area contributed by atoms with Crippen LogP contribution in [0.5, 0.6) is 0 Å². The summed E-state index contributed by atoms with van der Waals surface area (Å²) in [6.07, 6.45) is 0. The van der Waals surface area contributed by atoms with Gasteiger partial charge in [-0.25, -0.2) is 4.98 Å². The maximum atomic E-state index is 13.0. The number of carbonyl (C=O) groups excluding carboxylic acids is 1. The predicted molar refractivity (Wildman–Crippen MR) is 104 cm³/mol. The number of hydrogen-bond donors (Lipinski definition) is 0. The third-order valence-corrected chi connectivity index (χ3v) is 4.95. The monoisotopic (exact) mass is 372 g/mol. The van der Waals surface area contributed by atoms with Gasteiger partial charge in [-0.2, -0.15) is 0 Å². The van der Waals surface area contributed by atoms with E-state index in [2.05, 4.69) is 0 Å². The summed E-state index contributed by atoms with van der Waals surface area (Å²) >= 11 is 12.2. The van der Waals surface area contributed by atoms with Gasteiger partial charge in [0.25, 0.3) is 5.91 Å². The Labute approximate surface area is 157 Å². The Kier molecular flexibility index (Phi) is 5.26. The number of hydrogen-bond acceptors (Lipinski definition) is 2. The number of carbonyl (C=O) groups is 1. The van der Waals surface area contributed by atoms with Gasteiger partial charge < -0.3 is 4.90 Å². The number of benzene rings is 2. The molecule has 0 radical (unpaired) electrons. The minimum atomic E-state index is 0.00455. The molecule has 5 heteroatoms. The highest BCUT2D eigenvalue weighted by Gasteiger charge is 2.18. The van der Waals surface area contributed by atoms with Gasteiger partial charge in [0.2, 0.25) is 0 Å². The average Bonchev–Trinajstić information content (AvgIpc) is 2.64. The van der Waals surface area contributed by atoms with Crippen LogP contribution in [0.2, 0.25) is 10.0 Å². The summed E-state index contributed by atoms with van der Waals surface area (Å²) in [5, 5.41) is 1.81. The third kappa shape index (κ3) is 3.48. The highest BCUT2D eigenvalue weighted by atomic mass is 35.5. The molecule has 0 N–H and O–H groups in total. The van der Waals surface area contributed by atoms with Crippen LogP contribution in [-0.2, 0) is 0 Å². The second-order valence-corrected chi connectivity index (χ2v) is 6.49. The number of rotatable bonds is 4. The molecule has 0 atom stereocenters. The first-order chi connectivity index (χ1) is 12.0. The molecule has 3 nitrogen and oxygen atoms in total. The highest BCUT2D eigenvalue weighted by Crippen LogP contribution is 2.30. The first-order valence-corrected chi connectivity index (χ1v) is 8.95. The van der Waals surface area contributed by atoms with Crippen LogP contribution >= 0.6 is 23.2 Å². The van der Waals surface area contributed by atoms with Crippen molar-refractivity contribution in [2.75, 3.05) is 13.1 Å². The van der Waals surface area contributed by atoms with E-state index >= 15 is 0 Å². The van der Waals surface area contributed by atoms with Crippen molar-refractivity contribution in [2.24, 2.45) is 0 Å². The lowest BCUT2D eigenvalue weighted by Crippen LogP contribution is -2.30. The van der Waals surface area contributed by atoms with E-state index in [4.69, 9.17) is 28.2 Å². The maximum Gasteiger partial charge on any atom is 0.254 e. The summed E-state index contributed by atoms with van der Waals surface area (Å²) in [5.74, 6) is 0.00455. The van der Waals surface area contributed by atoms with Crippen molar-refractivity contribution in [1.82, 2.24) is 9.88 Å². The number of amides is 1. The van der Waals surface area contributed by atoms with Gasteiger partial charge in [0, 0.05) is 24.0 Å². The van der Waals surface area contributed by atoms with Gasteiger partial charge in [0.05, 0.1) is 26.8 Å². The number of nitrogens with zero attached hydrogens (tertiary/aromatic N) is 2. The van der Waals surface area contributed by atoms with Crippen molar-refractivity contribution in [1.29, 1.82) is 0 Å². The van der Waals surface area contributed by atoms with Crippen LogP contribution in [0.1, 0.15) is 24.2 Å². The zero-order valence-electron chi connectivity index (χ0n) is 14.1. The lowest BCUT2D eigenvalue weighted by molar-refractivity contribution is 0.0775. The second-order valence-electron chi connectivity index (χ2n) is 5.68. The van der Waals surface area contributed by atoms with Gasteiger partial charge in [-0.3, -0.25) is 4.79 Å². The lowest BCUT2D eigenvalue weighted by atomic mass is 10.0. The zero-order chi connectivity index (χ0) is 18.0. The Balaban J connectivity index is 2.21. The van der Waals surface area contributed by atoms with Gasteiger partial charge in [-0.15, -0.1) is 0 Å². The molecule has 0 unspecified atom stereocenters. The summed E-state index contributed by atoms with van der Waals surface area (Å²) in [4.78, 5) is 19.5. The minimum absolute atomic E-state index is 0.00455. The summed E-state index contributed by atoms with van der Waals surface area (Å²) < 4.78 is 0. The molecule has 25 heavy (non-hydrogen) atoms. The molecule has 0 aliphatic rings. The van der Waals surface area contributed by atoms with Gasteiger partial charge in [-0.05, 0) is 38.1 Å². The normalized spacial score (nSPS) is 10.9. The SMILES string of the molecule is CCN(CC)C(=O)c1cc(-c2ccc(Cl)c(Cl)c2)nc2ccccc12. The van der Waals surface area contributed by atoms with Crippen molar-refractivity contribution >= 4 is 40.0 Å². The smallest absolute Gasteiger partial charge is 0.254 e. The summed E-state index contributed by atoms with van der Waals surface area (Å²) in [5.41, 5.74) is 2.96. The fourth-order valence-electron chi connectivity index (χ4n) is 2.84. The van der Waals surface area contributed by atoms with Crippen molar-refractivity contribution in [3.8, 4) is 11.3 Å². The summed E-state index contributed by atoms with van der Waals surface area (Å²) in [6.45, 7) is 5.28. The quantitative estimate of drug-likeness (QED) is 0.589. The third-order valence-electron chi connectivity index (χ3n) is 4.21. The highest BCUT2D eigenvalue weighted by molar-refractivity contribution is 6.42. The fraction of sp³-hybridized carbons (Fsp3) is 0.200. The Hall–Kier alpha value is -2.10. The van der Waals surface area contributed by atoms with Crippen LogP contribution < -0.4 is 0 Å². The maximum absolute atomic E-state index is 13.0. The number of aromatic nitrogens is 1. The van der Waals surface area contributed by atoms with Gasteiger partial charge in [0.15, 0.2) is 0 Å². The van der Waals surface area contributed by atoms with Crippen LogP contribution in [0.25, 0.3) is 22.2 Å². The number of halogens is 2. The lowest BCUT2D eigenvalue weighted by Gasteiger charge is -2.20. The van der Waals surface area contributed by atoms with Crippen molar-refractivity contribution in [2.45, 2.75) is 13.8 Å².